The van der Waals surface area contributed by atoms with Crippen molar-refractivity contribution in [1.29, 1.82) is 0 Å². The summed E-state index contributed by atoms with van der Waals surface area (Å²) in [5.41, 5.74) is 0.959. The van der Waals surface area contributed by atoms with E-state index < -0.39 is 10.1 Å². The Morgan fingerprint density at radius 2 is 1.57 bits per heavy atom. The first-order chi connectivity index (χ1) is 13.4. The second kappa shape index (κ2) is 11.1. The summed E-state index contributed by atoms with van der Waals surface area (Å²) in [6, 6.07) is 10.7. The van der Waals surface area contributed by atoms with Crippen LogP contribution < -0.4 is 4.74 Å². The Bertz CT molecular complexity index is 846. The van der Waals surface area contributed by atoms with Crippen molar-refractivity contribution >= 4 is 10.1 Å². The number of rotatable bonds is 12. The maximum atomic E-state index is 11.3. The molecule has 0 amide bonds. The van der Waals surface area contributed by atoms with Gasteiger partial charge in [-0.2, -0.15) is 8.42 Å². The number of unbranched alkanes of at least 4 members (excludes halogenated alkanes) is 7. The first kappa shape index (κ1) is 22.2. The van der Waals surface area contributed by atoms with Gasteiger partial charge in [-0.15, -0.1) is 0 Å². The highest BCUT2D eigenvalue weighted by Crippen LogP contribution is 2.31. The van der Waals surface area contributed by atoms with Crippen LogP contribution in [0.25, 0.3) is 0 Å². The van der Waals surface area contributed by atoms with Gasteiger partial charge < -0.3 is 9.84 Å². The van der Waals surface area contributed by atoms with Crippen LogP contribution in [0.4, 0.5) is 0 Å². The van der Waals surface area contributed by atoms with Crippen molar-refractivity contribution in [2.24, 2.45) is 0 Å². The van der Waals surface area contributed by atoms with Crippen LogP contribution >= 0.6 is 0 Å². The summed E-state index contributed by atoms with van der Waals surface area (Å²) in [4.78, 5) is -0.227. The fourth-order valence-electron chi connectivity index (χ4n) is 3.12. The van der Waals surface area contributed by atoms with Gasteiger partial charge in [0.1, 0.15) is 17.2 Å². The molecule has 0 bridgehead atoms. The third-order valence-corrected chi connectivity index (χ3v) is 5.53. The van der Waals surface area contributed by atoms with Gasteiger partial charge in [0.25, 0.3) is 10.1 Å². The number of ether oxygens (including phenoxy) is 1. The molecule has 0 unspecified atom stereocenters. The van der Waals surface area contributed by atoms with Crippen molar-refractivity contribution in [2.75, 3.05) is 0 Å². The van der Waals surface area contributed by atoms with Crippen molar-refractivity contribution in [3.63, 3.8) is 0 Å². The van der Waals surface area contributed by atoms with Crippen molar-refractivity contribution in [3.8, 4) is 17.2 Å². The van der Waals surface area contributed by atoms with Crippen LogP contribution in [-0.4, -0.2) is 18.1 Å². The second-order valence-electron chi connectivity index (χ2n) is 7.07. The highest BCUT2D eigenvalue weighted by Gasteiger charge is 2.12. The van der Waals surface area contributed by atoms with E-state index in [1.165, 1.54) is 62.8 Å². The molecule has 0 aliphatic heterocycles. The number of hydrogen-bond donors (Lipinski definition) is 2. The first-order valence-corrected chi connectivity index (χ1v) is 11.4. The third kappa shape index (κ3) is 7.52. The van der Waals surface area contributed by atoms with Crippen molar-refractivity contribution < 1.29 is 22.8 Å². The van der Waals surface area contributed by atoms with Gasteiger partial charge in [0.2, 0.25) is 0 Å². The van der Waals surface area contributed by atoms with Gasteiger partial charge in [0, 0.05) is 12.1 Å². The Hall–Kier alpha value is -2.05. The Labute approximate surface area is 168 Å². The van der Waals surface area contributed by atoms with Crippen LogP contribution in [-0.2, 0) is 16.5 Å². The number of hydrogen-bond acceptors (Lipinski definition) is 4. The molecule has 0 aliphatic carbocycles. The average Bonchev–Trinajstić information content (AvgIpc) is 2.65. The Kier molecular flexibility index (Phi) is 8.80. The Balaban J connectivity index is 1.95. The number of phenolic OH excluding ortho intramolecular Hbond substituents is 1. The van der Waals surface area contributed by atoms with E-state index in [9.17, 15) is 18.1 Å². The third-order valence-electron chi connectivity index (χ3n) is 4.68. The lowest BCUT2D eigenvalue weighted by Crippen LogP contribution is -1.98. The van der Waals surface area contributed by atoms with Crippen LogP contribution in [0.15, 0.2) is 47.4 Å². The molecule has 2 aromatic carbocycles. The molecule has 0 radical (unpaired) electrons. The van der Waals surface area contributed by atoms with Gasteiger partial charge in [-0.3, -0.25) is 4.55 Å². The number of benzene rings is 2. The molecule has 0 spiro atoms. The highest BCUT2D eigenvalue weighted by atomic mass is 32.2. The lowest BCUT2D eigenvalue weighted by Gasteiger charge is -2.12. The normalized spacial score (nSPS) is 11.5. The summed E-state index contributed by atoms with van der Waals surface area (Å²) in [5, 5.41) is 9.80. The Morgan fingerprint density at radius 1 is 0.893 bits per heavy atom. The van der Waals surface area contributed by atoms with Crippen molar-refractivity contribution in [1.82, 2.24) is 0 Å². The van der Waals surface area contributed by atoms with Gasteiger partial charge in [0.05, 0.1) is 4.90 Å². The molecule has 0 aromatic heterocycles. The molecular weight excluding hydrogens is 376 g/mol. The average molecular weight is 407 g/mol. The number of phenols is 1. The van der Waals surface area contributed by atoms with E-state index in [-0.39, 0.29) is 16.4 Å². The minimum Gasteiger partial charge on any atom is -0.508 e. The van der Waals surface area contributed by atoms with E-state index in [2.05, 4.69) is 6.92 Å². The van der Waals surface area contributed by atoms with Gasteiger partial charge >= 0.3 is 0 Å². The number of aromatic hydroxyl groups is 1. The van der Waals surface area contributed by atoms with E-state index in [0.717, 1.165) is 24.8 Å². The molecule has 0 atom stereocenters. The van der Waals surface area contributed by atoms with E-state index in [0.29, 0.717) is 5.75 Å². The molecule has 6 heteroatoms. The molecule has 0 saturated heterocycles. The van der Waals surface area contributed by atoms with E-state index >= 15 is 0 Å². The monoisotopic (exact) mass is 406 g/mol. The summed E-state index contributed by atoms with van der Waals surface area (Å²) in [6.07, 6.45) is 10.7. The molecule has 2 N–H and O–H groups in total. The largest absolute Gasteiger partial charge is 0.508 e. The first-order valence-electron chi connectivity index (χ1n) is 9.97. The van der Waals surface area contributed by atoms with Crippen LogP contribution in [0.3, 0.4) is 0 Å². The van der Waals surface area contributed by atoms with Crippen LogP contribution in [0, 0.1) is 0 Å². The summed E-state index contributed by atoms with van der Waals surface area (Å²) in [5.74, 6) is 0.869. The van der Waals surface area contributed by atoms with Gasteiger partial charge in [0.15, 0.2) is 0 Å². The van der Waals surface area contributed by atoms with Crippen LogP contribution in [0.1, 0.15) is 63.9 Å². The predicted molar refractivity (Wildman–Crippen MR) is 111 cm³/mol. The summed E-state index contributed by atoms with van der Waals surface area (Å²) in [6.45, 7) is 2.22. The van der Waals surface area contributed by atoms with Crippen molar-refractivity contribution in [2.45, 2.75) is 69.6 Å². The van der Waals surface area contributed by atoms with Crippen LogP contribution in [0.2, 0.25) is 0 Å². The molecule has 154 valence electrons. The molecule has 0 heterocycles. The molecule has 0 saturated carbocycles. The number of aryl methyl sites for hydroxylation is 1. The molecule has 0 aliphatic rings. The second-order valence-corrected chi connectivity index (χ2v) is 8.49. The van der Waals surface area contributed by atoms with E-state index in [1.54, 1.807) is 12.1 Å². The SMILES string of the molecule is CCCCCCCCCCc1ccc(O)cc1Oc1cccc(S(=O)(=O)O)c1. The topological polar surface area (TPSA) is 83.8 Å². The maximum Gasteiger partial charge on any atom is 0.294 e. The predicted octanol–water partition coefficient (Wildman–Crippen LogP) is 6.11. The smallest absolute Gasteiger partial charge is 0.294 e. The quantitative estimate of drug-likeness (QED) is 0.328. The summed E-state index contributed by atoms with van der Waals surface area (Å²) >= 11 is 0. The zero-order valence-corrected chi connectivity index (χ0v) is 17.2. The standard InChI is InChI=1S/C22H30O5S/c1-2-3-4-5-6-7-8-9-11-18-14-15-19(23)16-22(18)27-20-12-10-13-21(17-20)28(24,25)26/h10,12-17,23H,2-9,11H2,1H3,(H,24,25,26). The highest BCUT2D eigenvalue weighted by molar-refractivity contribution is 7.85. The Morgan fingerprint density at radius 3 is 2.25 bits per heavy atom. The fourth-order valence-corrected chi connectivity index (χ4v) is 3.63. The summed E-state index contributed by atoms with van der Waals surface area (Å²) < 4.78 is 37.6. The fraction of sp³-hybridized carbons (Fsp3) is 0.455. The van der Waals surface area contributed by atoms with E-state index in [4.69, 9.17) is 4.74 Å². The van der Waals surface area contributed by atoms with Crippen LogP contribution in [0.5, 0.6) is 17.2 Å². The molecule has 2 aromatic rings. The van der Waals surface area contributed by atoms with E-state index in [1.807, 2.05) is 6.07 Å². The maximum absolute atomic E-state index is 11.3. The lowest BCUT2D eigenvalue weighted by atomic mass is 10.0. The van der Waals surface area contributed by atoms with Gasteiger partial charge in [-0.25, -0.2) is 0 Å². The van der Waals surface area contributed by atoms with Crippen molar-refractivity contribution in [3.05, 3.63) is 48.0 Å². The zero-order chi connectivity index (χ0) is 20.4. The molecule has 28 heavy (non-hydrogen) atoms. The minimum atomic E-state index is -4.29. The zero-order valence-electron chi connectivity index (χ0n) is 16.4. The molecule has 2 rings (SSSR count). The molecular formula is C22H30O5S. The molecule has 5 nitrogen and oxygen atoms in total. The molecule has 0 fully saturated rings. The lowest BCUT2D eigenvalue weighted by molar-refractivity contribution is 0.448. The van der Waals surface area contributed by atoms with Gasteiger partial charge in [-0.05, 0) is 36.6 Å². The van der Waals surface area contributed by atoms with Gasteiger partial charge in [-0.1, -0.05) is 64.0 Å². The summed E-state index contributed by atoms with van der Waals surface area (Å²) in [7, 11) is -4.29. The minimum absolute atomic E-state index is 0.0839.